The van der Waals surface area contributed by atoms with Crippen LogP contribution in [0.15, 0.2) is 0 Å². The van der Waals surface area contributed by atoms with Gasteiger partial charge in [0.1, 0.15) is 5.69 Å². The van der Waals surface area contributed by atoms with Gasteiger partial charge in [-0.1, -0.05) is 0 Å². The van der Waals surface area contributed by atoms with Crippen molar-refractivity contribution in [3.05, 3.63) is 15.8 Å². The summed E-state index contributed by atoms with van der Waals surface area (Å²) < 4.78 is 0. The minimum atomic E-state index is -0.479. The average molecular weight is 295 g/mol. The van der Waals surface area contributed by atoms with Gasteiger partial charge < -0.3 is 5.32 Å². The van der Waals surface area contributed by atoms with E-state index in [0.29, 0.717) is 12.6 Å². The van der Waals surface area contributed by atoms with Gasteiger partial charge in [0.15, 0.2) is 0 Å². The van der Waals surface area contributed by atoms with Crippen LogP contribution in [0.1, 0.15) is 25.5 Å². The predicted octanol–water partition coefficient (Wildman–Crippen LogP) is 0.873. The van der Waals surface area contributed by atoms with Crippen LogP contribution in [0.3, 0.4) is 0 Å². The van der Waals surface area contributed by atoms with E-state index < -0.39 is 4.92 Å². The van der Waals surface area contributed by atoms with Crippen molar-refractivity contribution in [1.29, 1.82) is 0 Å². The Morgan fingerprint density at radius 3 is 2.71 bits per heavy atom. The summed E-state index contributed by atoms with van der Waals surface area (Å²) in [4.78, 5) is 20.9. The van der Waals surface area contributed by atoms with E-state index in [-0.39, 0.29) is 29.2 Å². The van der Waals surface area contributed by atoms with Crippen LogP contribution in [0.4, 0.5) is 17.5 Å². The van der Waals surface area contributed by atoms with Gasteiger partial charge in [0.25, 0.3) is 0 Å². The van der Waals surface area contributed by atoms with Gasteiger partial charge in [0.2, 0.25) is 11.8 Å². The van der Waals surface area contributed by atoms with Gasteiger partial charge in [-0.05, 0) is 33.7 Å². The fraction of sp³-hybridized carbons (Fsp3) is 0.667. The summed E-state index contributed by atoms with van der Waals surface area (Å²) in [6.07, 6.45) is 2.43. The van der Waals surface area contributed by atoms with Crippen LogP contribution < -0.4 is 16.6 Å². The summed E-state index contributed by atoms with van der Waals surface area (Å²) >= 11 is 0. The molecule has 21 heavy (non-hydrogen) atoms. The number of likely N-dealkylation sites (N-methyl/N-ethyl adjacent to an activating group) is 1. The standard InChI is InChI=1S/C12H21N7O2/c1-7(18(3)9-4-5-9)6-14-11-10(19(20)21)8(2)15-12(16-11)17-13/h7,9H,4-6,13H2,1-3H3,(H2,14,15,16,17). The molecule has 9 nitrogen and oxygen atoms in total. The Balaban J connectivity index is 2.13. The first kappa shape index (κ1) is 15.4. The first-order valence-corrected chi connectivity index (χ1v) is 6.89. The van der Waals surface area contributed by atoms with Crippen molar-refractivity contribution < 1.29 is 4.92 Å². The van der Waals surface area contributed by atoms with Crippen LogP contribution in [0.2, 0.25) is 0 Å². The first-order chi connectivity index (χ1) is 9.93. The van der Waals surface area contributed by atoms with E-state index >= 15 is 0 Å². The summed E-state index contributed by atoms with van der Waals surface area (Å²) in [7, 11) is 2.07. The van der Waals surface area contributed by atoms with E-state index in [9.17, 15) is 10.1 Å². The lowest BCUT2D eigenvalue weighted by Gasteiger charge is -2.24. The quantitative estimate of drug-likeness (QED) is 0.385. The summed E-state index contributed by atoms with van der Waals surface area (Å²) in [5.74, 6) is 5.63. The van der Waals surface area contributed by atoms with Gasteiger partial charge in [0.05, 0.1) is 4.92 Å². The second-order valence-electron chi connectivity index (χ2n) is 5.36. The topological polar surface area (TPSA) is 122 Å². The van der Waals surface area contributed by atoms with Crippen LogP contribution in [-0.2, 0) is 0 Å². The third-order valence-corrected chi connectivity index (χ3v) is 3.75. The Labute approximate surface area is 123 Å². The van der Waals surface area contributed by atoms with E-state index in [0.717, 1.165) is 0 Å². The maximum atomic E-state index is 11.2. The smallest absolute Gasteiger partial charge is 0.332 e. The second-order valence-corrected chi connectivity index (χ2v) is 5.36. The zero-order valence-electron chi connectivity index (χ0n) is 12.5. The fourth-order valence-electron chi connectivity index (χ4n) is 2.20. The lowest BCUT2D eigenvalue weighted by atomic mass is 10.2. The second kappa shape index (κ2) is 6.19. The maximum Gasteiger partial charge on any atom is 0.332 e. The summed E-state index contributed by atoms with van der Waals surface area (Å²) in [6.45, 7) is 4.20. The minimum Gasteiger partial charge on any atom is -0.363 e. The van der Waals surface area contributed by atoms with Crippen molar-refractivity contribution in [3.8, 4) is 0 Å². The Kier molecular flexibility index (Phi) is 4.53. The number of nitro groups is 1. The van der Waals surface area contributed by atoms with E-state index in [1.165, 1.54) is 12.8 Å². The molecule has 1 aliphatic rings. The van der Waals surface area contributed by atoms with Crippen LogP contribution in [0.5, 0.6) is 0 Å². The summed E-state index contributed by atoms with van der Waals surface area (Å²) in [5.41, 5.74) is 2.47. The van der Waals surface area contributed by atoms with Crippen molar-refractivity contribution in [2.24, 2.45) is 5.84 Å². The molecular formula is C12H21N7O2. The van der Waals surface area contributed by atoms with Crippen molar-refractivity contribution in [2.45, 2.75) is 38.8 Å². The molecule has 116 valence electrons. The minimum absolute atomic E-state index is 0.115. The maximum absolute atomic E-state index is 11.2. The molecule has 0 amide bonds. The molecule has 1 fully saturated rings. The number of hydrazine groups is 1. The van der Waals surface area contributed by atoms with Crippen LogP contribution in [0.25, 0.3) is 0 Å². The van der Waals surface area contributed by atoms with Gasteiger partial charge in [-0.3, -0.25) is 20.4 Å². The van der Waals surface area contributed by atoms with Crippen LogP contribution in [-0.4, -0.2) is 45.5 Å². The highest BCUT2D eigenvalue weighted by Gasteiger charge is 2.29. The number of anilines is 2. The molecule has 1 aromatic rings. The van der Waals surface area contributed by atoms with E-state index in [1.54, 1.807) is 6.92 Å². The Bertz CT molecular complexity index is 533. The number of hydrogen-bond donors (Lipinski definition) is 3. The first-order valence-electron chi connectivity index (χ1n) is 6.89. The molecule has 0 radical (unpaired) electrons. The Hall–Kier alpha value is -2.00. The van der Waals surface area contributed by atoms with Crippen molar-refractivity contribution in [3.63, 3.8) is 0 Å². The number of hydrogen-bond acceptors (Lipinski definition) is 8. The highest BCUT2D eigenvalue weighted by atomic mass is 16.6. The largest absolute Gasteiger partial charge is 0.363 e. The summed E-state index contributed by atoms with van der Waals surface area (Å²) in [6, 6.07) is 0.881. The highest BCUT2D eigenvalue weighted by Crippen LogP contribution is 2.28. The molecule has 9 heteroatoms. The molecule has 0 spiro atoms. The Morgan fingerprint density at radius 2 is 2.19 bits per heavy atom. The highest BCUT2D eigenvalue weighted by molar-refractivity contribution is 5.60. The van der Waals surface area contributed by atoms with E-state index in [2.05, 4.69) is 39.6 Å². The average Bonchev–Trinajstić information content (AvgIpc) is 3.27. The van der Waals surface area contributed by atoms with E-state index in [4.69, 9.17) is 5.84 Å². The molecule has 1 saturated carbocycles. The number of nitrogen functional groups attached to an aromatic ring is 1. The molecule has 1 unspecified atom stereocenters. The zero-order chi connectivity index (χ0) is 15.6. The number of aromatic nitrogens is 2. The molecule has 0 bridgehead atoms. The molecule has 0 aromatic carbocycles. The van der Waals surface area contributed by atoms with Gasteiger partial charge in [-0.25, -0.2) is 10.8 Å². The van der Waals surface area contributed by atoms with Crippen molar-refractivity contribution in [2.75, 3.05) is 24.3 Å². The van der Waals surface area contributed by atoms with Gasteiger partial charge in [-0.2, -0.15) is 4.98 Å². The molecule has 0 aliphatic heterocycles. The molecule has 1 aromatic heterocycles. The van der Waals surface area contributed by atoms with Crippen molar-refractivity contribution in [1.82, 2.24) is 14.9 Å². The van der Waals surface area contributed by atoms with Gasteiger partial charge in [-0.15, -0.1) is 0 Å². The molecule has 1 aliphatic carbocycles. The number of nitrogens with zero attached hydrogens (tertiary/aromatic N) is 4. The fourth-order valence-corrected chi connectivity index (χ4v) is 2.20. The summed E-state index contributed by atoms with van der Waals surface area (Å²) in [5, 5.41) is 14.2. The number of nitrogens with one attached hydrogen (secondary N) is 2. The van der Waals surface area contributed by atoms with E-state index in [1.807, 2.05) is 0 Å². The number of aryl methyl sites for hydroxylation is 1. The predicted molar refractivity (Wildman–Crippen MR) is 80.0 cm³/mol. The lowest BCUT2D eigenvalue weighted by Crippen LogP contribution is -2.36. The number of rotatable bonds is 7. The monoisotopic (exact) mass is 295 g/mol. The molecule has 2 rings (SSSR count). The molecular weight excluding hydrogens is 274 g/mol. The van der Waals surface area contributed by atoms with Crippen molar-refractivity contribution >= 4 is 17.5 Å². The lowest BCUT2D eigenvalue weighted by molar-refractivity contribution is -0.385. The molecule has 1 heterocycles. The third kappa shape index (κ3) is 3.56. The molecule has 1 atom stereocenters. The van der Waals surface area contributed by atoms with Crippen LogP contribution >= 0.6 is 0 Å². The number of nitrogens with two attached hydrogens (primary N) is 1. The molecule has 0 saturated heterocycles. The third-order valence-electron chi connectivity index (χ3n) is 3.75. The van der Waals surface area contributed by atoms with Gasteiger partial charge >= 0.3 is 5.69 Å². The van der Waals surface area contributed by atoms with Crippen LogP contribution in [0, 0.1) is 17.0 Å². The van der Waals surface area contributed by atoms with Gasteiger partial charge in [0, 0.05) is 18.6 Å². The SMILES string of the molecule is Cc1nc(NN)nc(NCC(C)N(C)C2CC2)c1[N+](=O)[O-]. The molecule has 4 N–H and O–H groups in total. The Morgan fingerprint density at radius 1 is 1.52 bits per heavy atom. The zero-order valence-corrected chi connectivity index (χ0v) is 12.5. The normalized spacial score (nSPS) is 15.9.